The quantitative estimate of drug-likeness (QED) is 0.872. The standard InChI is InChI=1S/C13H18FNO2/c1-9(15)6-13(7-17-8-13)11-5-10(14)3-4-12(11)16-2/h3-5,9H,6-8,15H2,1-2H3. The van der Waals surface area contributed by atoms with Crippen molar-refractivity contribution in [3.8, 4) is 5.75 Å². The number of benzene rings is 1. The van der Waals surface area contributed by atoms with Gasteiger partial charge in [0.25, 0.3) is 0 Å². The van der Waals surface area contributed by atoms with E-state index in [9.17, 15) is 4.39 Å². The third-order valence-electron chi connectivity index (χ3n) is 3.20. The highest BCUT2D eigenvalue weighted by Gasteiger charge is 2.43. The summed E-state index contributed by atoms with van der Waals surface area (Å²) in [5.74, 6) is 0.451. The molecular formula is C13H18FNO2. The molecule has 1 aromatic rings. The van der Waals surface area contributed by atoms with Crippen LogP contribution in [0.15, 0.2) is 18.2 Å². The van der Waals surface area contributed by atoms with Gasteiger partial charge < -0.3 is 15.2 Å². The maximum atomic E-state index is 13.4. The SMILES string of the molecule is COc1ccc(F)cc1C1(CC(C)N)COC1. The third-order valence-corrected chi connectivity index (χ3v) is 3.20. The van der Waals surface area contributed by atoms with Gasteiger partial charge in [0.2, 0.25) is 0 Å². The van der Waals surface area contributed by atoms with Gasteiger partial charge >= 0.3 is 0 Å². The molecule has 1 aliphatic rings. The average molecular weight is 239 g/mol. The first-order chi connectivity index (χ1) is 8.07. The fraction of sp³-hybridized carbons (Fsp3) is 0.538. The number of ether oxygens (including phenoxy) is 2. The molecule has 2 rings (SSSR count). The predicted octanol–water partition coefficient (Wildman–Crippen LogP) is 1.84. The maximum Gasteiger partial charge on any atom is 0.123 e. The number of halogens is 1. The maximum absolute atomic E-state index is 13.4. The second-order valence-electron chi connectivity index (χ2n) is 4.80. The Balaban J connectivity index is 2.39. The molecule has 3 nitrogen and oxygen atoms in total. The van der Waals surface area contributed by atoms with Crippen molar-refractivity contribution >= 4 is 0 Å². The van der Waals surface area contributed by atoms with Crippen molar-refractivity contribution in [2.75, 3.05) is 20.3 Å². The Morgan fingerprint density at radius 1 is 1.53 bits per heavy atom. The minimum absolute atomic E-state index is 0.0480. The van der Waals surface area contributed by atoms with Crippen molar-refractivity contribution in [3.05, 3.63) is 29.6 Å². The summed E-state index contributed by atoms with van der Waals surface area (Å²) >= 11 is 0. The minimum Gasteiger partial charge on any atom is -0.496 e. The Labute approximate surface area is 101 Å². The van der Waals surface area contributed by atoms with Crippen LogP contribution in [0.1, 0.15) is 18.9 Å². The topological polar surface area (TPSA) is 44.5 Å². The zero-order valence-corrected chi connectivity index (χ0v) is 10.2. The van der Waals surface area contributed by atoms with Gasteiger partial charge in [0.15, 0.2) is 0 Å². The zero-order chi connectivity index (χ0) is 12.5. The smallest absolute Gasteiger partial charge is 0.123 e. The molecule has 0 bridgehead atoms. The monoisotopic (exact) mass is 239 g/mol. The molecule has 1 aliphatic heterocycles. The molecule has 94 valence electrons. The average Bonchev–Trinajstić information content (AvgIpc) is 2.23. The molecule has 0 aliphatic carbocycles. The van der Waals surface area contributed by atoms with Gasteiger partial charge in [0.1, 0.15) is 11.6 Å². The first-order valence-corrected chi connectivity index (χ1v) is 5.75. The highest BCUT2D eigenvalue weighted by atomic mass is 19.1. The highest BCUT2D eigenvalue weighted by Crippen LogP contribution is 2.41. The normalized spacial score (nSPS) is 19.5. The van der Waals surface area contributed by atoms with Crippen LogP contribution in [0.4, 0.5) is 4.39 Å². The molecular weight excluding hydrogens is 221 g/mol. The van der Waals surface area contributed by atoms with Gasteiger partial charge in [0, 0.05) is 17.0 Å². The van der Waals surface area contributed by atoms with E-state index in [0.717, 1.165) is 12.0 Å². The van der Waals surface area contributed by atoms with E-state index in [1.165, 1.54) is 12.1 Å². The zero-order valence-electron chi connectivity index (χ0n) is 10.2. The molecule has 2 N–H and O–H groups in total. The van der Waals surface area contributed by atoms with Gasteiger partial charge in [-0.1, -0.05) is 0 Å². The lowest BCUT2D eigenvalue weighted by atomic mass is 9.73. The van der Waals surface area contributed by atoms with Crippen LogP contribution in [0, 0.1) is 5.82 Å². The largest absolute Gasteiger partial charge is 0.496 e. The minimum atomic E-state index is -0.253. The molecule has 1 aromatic carbocycles. The molecule has 4 heteroatoms. The van der Waals surface area contributed by atoms with E-state index in [4.69, 9.17) is 15.2 Å². The summed E-state index contributed by atoms with van der Waals surface area (Å²) in [6.07, 6.45) is 0.771. The van der Waals surface area contributed by atoms with E-state index in [-0.39, 0.29) is 17.3 Å². The Hall–Kier alpha value is -1.13. The summed E-state index contributed by atoms with van der Waals surface area (Å²) in [7, 11) is 1.59. The molecule has 1 heterocycles. The summed E-state index contributed by atoms with van der Waals surface area (Å²) in [6, 6.07) is 4.64. The number of hydrogen-bond acceptors (Lipinski definition) is 3. The van der Waals surface area contributed by atoms with Crippen molar-refractivity contribution in [1.82, 2.24) is 0 Å². The third kappa shape index (κ3) is 2.28. The lowest BCUT2D eigenvalue weighted by molar-refractivity contribution is -0.0675. The van der Waals surface area contributed by atoms with Gasteiger partial charge in [0.05, 0.1) is 20.3 Å². The van der Waals surface area contributed by atoms with E-state index in [1.54, 1.807) is 13.2 Å². The Kier molecular flexibility index (Phi) is 3.35. The van der Waals surface area contributed by atoms with Gasteiger partial charge in [-0.05, 0) is 31.5 Å². The fourth-order valence-electron chi connectivity index (χ4n) is 2.44. The summed E-state index contributed by atoms with van der Waals surface area (Å²) in [5.41, 5.74) is 6.54. The summed E-state index contributed by atoms with van der Waals surface area (Å²) in [4.78, 5) is 0. The van der Waals surface area contributed by atoms with Crippen LogP contribution in [-0.4, -0.2) is 26.4 Å². The Morgan fingerprint density at radius 3 is 2.71 bits per heavy atom. The van der Waals surface area contributed by atoms with Crippen LogP contribution < -0.4 is 10.5 Å². The molecule has 0 amide bonds. The van der Waals surface area contributed by atoms with Crippen molar-refractivity contribution in [2.24, 2.45) is 5.73 Å². The van der Waals surface area contributed by atoms with Crippen LogP contribution in [0.3, 0.4) is 0 Å². The van der Waals surface area contributed by atoms with Gasteiger partial charge in [-0.2, -0.15) is 0 Å². The summed E-state index contributed by atoms with van der Waals surface area (Å²) in [5, 5.41) is 0. The van der Waals surface area contributed by atoms with Crippen LogP contribution in [0.2, 0.25) is 0 Å². The second-order valence-corrected chi connectivity index (χ2v) is 4.80. The van der Waals surface area contributed by atoms with E-state index >= 15 is 0 Å². The lowest BCUT2D eigenvalue weighted by Crippen LogP contribution is -2.50. The molecule has 17 heavy (non-hydrogen) atoms. The summed E-state index contributed by atoms with van der Waals surface area (Å²) < 4.78 is 24.0. The number of hydrogen-bond donors (Lipinski definition) is 1. The molecule has 0 aromatic heterocycles. The Morgan fingerprint density at radius 2 is 2.24 bits per heavy atom. The molecule has 1 saturated heterocycles. The molecule has 1 unspecified atom stereocenters. The second kappa shape index (κ2) is 4.63. The van der Waals surface area contributed by atoms with Gasteiger partial charge in [-0.15, -0.1) is 0 Å². The van der Waals surface area contributed by atoms with Crippen LogP contribution >= 0.6 is 0 Å². The first-order valence-electron chi connectivity index (χ1n) is 5.75. The van der Waals surface area contributed by atoms with Gasteiger partial charge in [-0.3, -0.25) is 0 Å². The highest BCUT2D eigenvalue weighted by molar-refractivity contribution is 5.42. The van der Waals surface area contributed by atoms with E-state index in [0.29, 0.717) is 19.0 Å². The van der Waals surface area contributed by atoms with Gasteiger partial charge in [-0.25, -0.2) is 4.39 Å². The number of nitrogens with two attached hydrogens (primary N) is 1. The molecule has 0 radical (unpaired) electrons. The summed E-state index contributed by atoms with van der Waals surface area (Å²) in [6.45, 7) is 3.11. The van der Waals surface area contributed by atoms with E-state index in [1.807, 2.05) is 6.92 Å². The van der Waals surface area contributed by atoms with Crippen molar-refractivity contribution in [3.63, 3.8) is 0 Å². The van der Waals surface area contributed by atoms with E-state index < -0.39 is 0 Å². The molecule has 0 spiro atoms. The molecule has 0 saturated carbocycles. The molecule has 1 atom stereocenters. The van der Waals surface area contributed by atoms with Crippen molar-refractivity contribution in [1.29, 1.82) is 0 Å². The molecule has 1 fully saturated rings. The Bertz CT molecular complexity index is 402. The predicted molar refractivity (Wildman–Crippen MR) is 63.7 cm³/mol. The van der Waals surface area contributed by atoms with Crippen LogP contribution in [0.5, 0.6) is 5.75 Å². The lowest BCUT2D eigenvalue weighted by Gasteiger charge is -2.43. The van der Waals surface area contributed by atoms with Crippen LogP contribution in [0.25, 0.3) is 0 Å². The fourth-order valence-corrected chi connectivity index (χ4v) is 2.44. The number of methoxy groups -OCH3 is 1. The van der Waals surface area contributed by atoms with Crippen molar-refractivity contribution in [2.45, 2.75) is 24.8 Å². The number of rotatable bonds is 4. The first kappa shape index (κ1) is 12.3. The van der Waals surface area contributed by atoms with Crippen LogP contribution in [-0.2, 0) is 10.2 Å². The van der Waals surface area contributed by atoms with Crippen molar-refractivity contribution < 1.29 is 13.9 Å². The van der Waals surface area contributed by atoms with E-state index in [2.05, 4.69) is 0 Å².